The lowest BCUT2D eigenvalue weighted by Crippen LogP contribution is -2.54. The van der Waals surface area contributed by atoms with Crippen molar-refractivity contribution in [1.82, 2.24) is 24.9 Å². The van der Waals surface area contributed by atoms with Crippen LogP contribution in [0.25, 0.3) is 11.3 Å². The van der Waals surface area contributed by atoms with Gasteiger partial charge in [0.05, 0.1) is 11.1 Å². The fourth-order valence-electron chi connectivity index (χ4n) is 9.52. The minimum absolute atomic E-state index is 0.0911. The standard InChI is InChI=1S/C47H47N9O6/c48-43(58)41-42(31-7-11-35(12-8-31)62-34-4-2-1-3-5-34)51-55-21-18-30-6-9-33(27-38(30)49-44(41)55)54-24-22-52(23-25-54)28-29-16-19-53(20-17-29)32-10-13-36-37(26-32)47(61)56(46(36)60)39-14-15-40(57)50-45(39)59/h1-13,26-27,29,39,49H,14-25,28H2,(H2,48,58)(H,50,57,59). The van der Waals surface area contributed by atoms with Crippen LogP contribution in [0.15, 0.2) is 91.0 Å². The van der Waals surface area contributed by atoms with Crippen LogP contribution in [0.1, 0.15) is 62.3 Å². The number of aryl methyl sites for hydroxylation is 2. The maximum absolute atomic E-state index is 13.4. The molecule has 5 aromatic rings. The lowest BCUT2D eigenvalue weighted by atomic mass is 9.95. The first kappa shape index (κ1) is 39.2. The van der Waals surface area contributed by atoms with Gasteiger partial charge in [0.25, 0.3) is 17.7 Å². The Balaban J connectivity index is 0.744. The van der Waals surface area contributed by atoms with Crippen LogP contribution in [0, 0.1) is 5.92 Å². The topological polar surface area (TPSA) is 175 Å². The third-order valence-corrected chi connectivity index (χ3v) is 12.9. The van der Waals surface area contributed by atoms with Crippen LogP contribution in [-0.4, -0.2) is 101 Å². The van der Waals surface area contributed by atoms with Gasteiger partial charge < -0.3 is 25.6 Å². The van der Waals surface area contributed by atoms with E-state index < -0.39 is 35.6 Å². The van der Waals surface area contributed by atoms with E-state index in [9.17, 15) is 24.0 Å². The summed E-state index contributed by atoms with van der Waals surface area (Å²) in [6.07, 6.45) is 3.01. The van der Waals surface area contributed by atoms with Crippen LogP contribution in [-0.2, 0) is 22.6 Å². The molecular weight excluding hydrogens is 787 g/mol. The van der Waals surface area contributed by atoms with Crippen molar-refractivity contribution < 1.29 is 28.7 Å². The normalized spacial score (nSPS) is 19.4. The number of amides is 5. The molecule has 4 aromatic carbocycles. The van der Waals surface area contributed by atoms with E-state index in [2.05, 4.69) is 43.5 Å². The quantitative estimate of drug-likeness (QED) is 0.167. The molecule has 0 saturated carbocycles. The van der Waals surface area contributed by atoms with Crippen molar-refractivity contribution in [3.63, 3.8) is 0 Å². The molecule has 0 radical (unpaired) electrons. The molecule has 15 nitrogen and oxygen atoms in total. The van der Waals surface area contributed by atoms with Gasteiger partial charge in [-0.1, -0.05) is 24.3 Å². The highest BCUT2D eigenvalue weighted by Gasteiger charge is 2.45. The number of hydrogen-bond donors (Lipinski definition) is 3. The minimum atomic E-state index is -0.975. The van der Waals surface area contributed by atoms with Crippen molar-refractivity contribution in [3.8, 4) is 22.8 Å². The molecule has 3 saturated heterocycles. The van der Waals surface area contributed by atoms with Crippen molar-refractivity contribution >= 4 is 52.4 Å². The van der Waals surface area contributed by atoms with Crippen LogP contribution in [0.4, 0.5) is 22.9 Å². The van der Waals surface area contributed by atoms with E-state index in [4.69, 9.17) is 15.6 Å². The first-order valence-corrected chi connectivity index (χ1v) is 21.4. The van der Waals surface area contributed by atoms with Gasteiger partial charge in [0.15, 0.2) is 0 Å². The molecule has 1 unspecified atom stereocenters. The second-order valence-corrected chi connectivity index (χ2v) is 16.7. The van der Waals surface area contributed by atoms with Gasteiger partial charge in [-0.2, -0.15) is 5.10 Å². The summed E-state index contributed by atoms with van der Waals surface area (Å²) in [6.45, 7) is 7.01. The number of nitrogens with zero attached hydrogens (tertiary/aromatic N) is 6. The minimum Gasteiger partial charge on any atom is -0.457 e. The number of benzene rings is 4. The zero-order chi connectivity index (χ0) is 42.5. The van der Waals surface area contributed by atoms with Crippen LogP contribution >= 0.6 is 0 Å². The molecule has 0 bridgehead atoms. The molecule has 5 amide bonds. The molecule has 10 rings (SSSR count). The van der Waals surface area contributed by atoms with E-state index in [0.717, 1.165) is 104 Å². The number of rotatable bonds is 9. The average Bonchev–Trinajstić information content (AvgIpc) is 3.69. The fraction of sp³-hybridized carbons (Fsp3) is 0.319. The number of piperazine rings is 1. The Morgan fingerprint density at radius 1 is 0.710 bits per heavy atom. The first-order valence-electron chi connectivity index (χ1n) is 21.4. The lowest BCUT2D eigenvalue weighted by molar-refractivity contribution is -0.136. The van der Waals surface area contributed by atoms with Gasteiger partial charge in [-0.25, -0.2) is 4.68 Å². The third kappa shape index (κ3) is 7.42. The number of piperidine rings is 2. The second kappa shape index (κ2) is 16.1. The molecule has 5 aliphatic rings. The van der Waals surface area contributed by atoms with Crippen molar-refractivity contribution in [2.45, 2.75) is 44.7 Å². The Labute approximate surface area is 358 Å². The SMILES string of the molecule is NC(=O)c1c(-c2ccc(Oc3ccccc3)cc2)nn2c1Nc1cc(N3CCN(CC4CCN(c5ccc6c(c5)C(=O)N(C5CCC(=O)NC5=O)C6=O)CC4)CC3)ccc1CC2. The molecule has 6 heterocycles. The smallest absolute Gasteiger partial charge is 0.262 e. The number of imide groups is 2. The molecule has 1 atom stereocenters. The summed E-state index contributed by atoms with van der Waals surface area (Å²) in [5, 5.41) is 10.7. The molecule has 0 aliphatic carbocycles. The summed E-state index contributed by atoms with van der Waals surface area (Å²) in [7, 11) is 0. The average molecular weight is 834 g/mol. The second-order valence-electron chi connectivity index (χ2n) is 16.7. The maximum atomic E-state index is 13.4. The number of carbonyl (C=O) groups is 5. The fourth-order valence-corrected chi connectivity index (χ4v) is 9.52. The number of fused-ring (bicyclic) bond motifs is 3. The number of nitrogens with two attached hydrogens (primary N) is 1. The molecule has 62 heavy (non-hydrogen) atoms. The van der Waals surface area contributed by atoms with Gasteiger partial charge in [-0.3, -0.25) is 39.1 Å². The van der Waals surface area contributed by atoms with Crippen LogP contribution in [0.2, 0.25) is 0 Å². The summed E-state index contributed by atoms with van der Waals surface area (Å²) in [6, 6.07) is 28.0. The largest absolute Gasteiger partial charge is 0.457 e. The van der Waals surface area contributed by atoms with Gasteiger partial charge in [-0.05, 0) is 104 Å². The maximum Gasteiger partial charge on any atom is 0.262 e. The molecule has 1 aromatic heterocycles. The number of anilines is 4. The van der Waals surface area contributed by atoms with Crippen molar-refractivity contribution in [1.29, 1.82) is 0 Å². The summed E-state index contributed by atoms with van der Waals surface area (Å²) in [5.74, 6) is 0.0537. The Morgan fingerprint density at radius 3 is 2.15 bits per heavy atom. The van der Waals surface area contributed by atoms with E-state index >= 15 is 0 Å². The van der Waals surface area contributed by atoms with Crippen LogP contribution < -0.4 is 30.9 Å². The molecule has 3 fully saturated rings. The number of para-hydroxylation sites is 1. The van der Waals surface area contributed by atoms with Crippen molar-refractivity contribution in [2.75, 3.05) is 60.9 Å². The highest BCUT2D eigenvalue weighted by atomic mass is 16.5. The number of hydrogen-bond acceptors (Lipinski definition) is 11. The van der Waals surface area contributed by atoms with Crippen LogP contribution in [0.3, 0.4) is 0 Å². The Morgan fingerprint density at radius 2 is 1.40 bits per heavy atom. The van der Waals surface area contributed by atoms with E-state index in [-0.39, 0.29) is 12.8 Å². The Hall–Kier alpha value is -7.00. The highest BCUT2D eigenvalue weighted by molar-refractivity contribution is 6.23. The zero-order valence-corrected chi connectivity index (χ0v) is 34.2. The van der Waals surface area contributed by atoms with Gasteiger partial charge in [0.1, 0.15) is 34.6 Å². The highest BCUT2D eigenvalue weighted by Crippen LogP contribution is 2.38. The third-order valence-electron chi connectivity index (χ3n) is 12.9. The van der Waals surface area contributed by atoms with E-state index in [1.54, 1.807) is 12.1 Å². The number of ether oxygens (including phenoxy) is 1. The molecule has 316 valence electrons. The van der Waals surface area contributed by atoms with Crippen molar-refractivity contribution in [2.24, 2.45) is 11.7 Å². The summed E-state index contributed by atoms with van der Waals surface area (Å²) in [5.41, 5.74) is 12.4. The van der Waals surface area contributed by atoms with Gasteiger partial charge in [0, 0.05) is 81.4 Å². The number of nitrogens with one attached hydrogen (secondary N) is 2. The molecule has 15 heteroatoms. The first-order chi connectivity index (χ1) is 30.2. The lowest BCUT2D eigenvalue weighted by Gasteiger charge is -2.40. The molecular formula is C47H47N9O6. The number of aromatic nitrogens is 2. The Kier molecular flexibility index (Phi) is 10.2. The number of carbonyl (C=O) groups excluding carboxylic acids is 5. The zero-order valence-electron chi connectivity index (χ0n) is 34.2. The predicted molar refractivity (Wildman–Crippen MR) is 233 cm³/mol. The van der Waals surface area contributed by atoms with E-state index in [1.165, 1.54) is 0 Å². The van der Waals surface area contributed by atoms with Gasteiger partial charge in [-0.15, -0.1) is 0 Å². The predicted octanol–water partition coefficient (Wildman–Crippen LogP) is 5.18. The molecule has 5 aliphatic heterocycles. The summed E-state index contributed by atoms with van der Waals surface area (Å²) < 4.78 is 7.82. The van der Waals surface area contributed by atoms with Crippen LogP contribution in [0.5, 0.6) is 11.5 Å². The molecule has 4 N–H and O–H groups in total. The van der Waals surface area contributed by atoms with E-state index in [1.807, 2.05) is 65.3 Å². The summed E-state index contributed by atoms with van der Waals surface area (Å²) >= 11 is 0. The monoisotopic (exact) mass is 833 g/mol. The Bertz CT molecular complexity index is 2590. The molecule has 0 spiro atoms. The van der Waals surface area contributed by atoms with E-state index in [0.29, 0.717) is 46.4 Å². The number of primary amides is 1. The summed E-state index contributed by atoms with van der Waals surface area (Å²) in [4.78, 5) is 72.0. The van der Waals surface area contributed by atoms with Gasteiger partial charge >= 0.3 is 0 Å². The van der Waals surface area contributed by atoms with Crippen molar-refractivity contribution in [3.05, 3.63) is 113 Å². The van der Waals surface area contributed by atoms with Gasteiger partial charge in [0.2, 0.25) is 11.8 Å².